The quantitative estimate of drug-likeness (QED) is 0.795. The van der Waals surface area contributed by atoms with E-state index in [-0.39, 0.29) is 12.2 Å². The van der Waals surface area contributed by atoms with Gasteiger partial charge in [-0.1, -0.05) is 11.6 Å². The lowest BCUT2D eigenvalue weighted by Gasteiger charge is -2.32. The van der Waals surface area contributed by atoms with Crippen LogP contribution < -0.4 is 0 Å². The highest BCUT2D eigenvalue weighted by atomic mass is 16.5. The number of rotatable bonds is 3. The molecule has 3 rings (SSSR count). The zero-order chi connectivity index (χ0) is 13.9. The first-order valence-electron chi connectivity index (χ1n) is 7.55. The van der Waals surface area contributed by atoms with E-state index in [0.29, 0.717) is 5.89 Å². The number of allylic oxidation sites excluding steroid dienone is 2. The summed E-state index contributed by atoms with van der Waals surface area (Å²) in [5.74, 6) is 1.34. The summed E-state index contributed by atoms with van der Waals surface area (Å²) in [5.41, 5.74) is 1.43. The fraction of sp³-hybridized carbons (Fsp3) is 0.733. The van der Waals surface area contributed by atoms with Crippen LogP contribution in [0, 0.1) is 0 Å². The van der Waals surface area contributed by atoms with Crippen LogP contribution in [0.25, 0.3) is 0 Å². The molecule has 0 bridgehead atoms. The highest BCUT2D eigenvalue weighted by Gasteiger charge is 2.28. The lowest BCUT2D eigenvalue weighted by atomic mass is 9.97. The molecule has 0 aromatic carbocycles. The van der Waals surface area contributed by atoms with Crippen LogP contribution in [-0.4, -0.2) is 41.3 Å². The molecule has 1 aromatic heterocycles. The third-order valence-corrected chi connectivity index (χ3v) is 3.96. The minimum absolute atomic E-state index is 0.0923. The summed E-state index contributed by atoms with van der Waals surface area (Å²) < 4.78 is 11.7. The number of hydrogen-bond donors (Lipinski definition) is 0. The van der Waals surface area contributed by atoms with Gasteiger partial charge < -0.3 is 14.1 Å². The van der Waals surface area contributed by atoms with Crippen molar-refractivity contribution in [3.05, 3.63) is 23.4 Å². The molecule has 5 heteroatoms. The molecule has 0 radical (unpaired) electrons. The summed E-state index contributed by atoms with van der Waals surface area (Å²) in [6.07, 6.45) is 8.16. The molecule has 1 fully saturated rings. The second kappa shape index (κ2) is 6.06. The van der Waals surface area contributed by atoms with Crippen LogP contribution in [0.2, 0.25) is 0 Å². The van der Waals surface area contributed by atoms with Gasteiger partial charge in [0, 0.05) is 19.5 Å². The second-order valence-electron chi connectivity index (χ2n) is 5.98. The minimum Gasteiger partial charge on any atom is -0.422 e. The third kappa shape index (κ3) is 3.27. The van der Waals surface area contributed by atoms with E-state index in [1.165, 1.54) is 24.8 Å². The normalized spacial score (nSPS) is 28.4. The smallest absolute Gasteiger partial charge is 0.246 e. The van der Waals surface area contributed by atoms with E-state index in [1.54, 1.807) is 0 Å². The molecule has 2 atom stereocenters. The molecular weight excluding hydrogens is 254 g/mol. The van der Waals surface area contributed by atoms with Crippen molar-refractivity contribution in [2.75, 3.05) is 20.1 Å². The Morgan fingerprint density at radius 3 is 2.95 bits per heavy atom. The molecule has 0 N–H and O–H groups in total. The molecule has 1 aliphatic heterocycles. The Morgan fingerprint density at radius 1 is 1.30 bits per heavy atom. The van der Waals surface area contributed by atoms with E-state index in [4.69, 9.17) is 9.15 Å². The van der Waals surface area contributed by atoms with E-state index < -0.39 is 0 Å². The minimum atomic E-state index is -0.0923. The summed E-state index contributed by atoms with van der Waals surface area (Å²) in [6.45, 7) is 3.84. The van der Waals surface area contributed by atoms with Crippen molar-refractivity contribution in [3.63, 3.8) is 0 Å². The van der Waals surface area contributed by atoms with E-state index in [9.17, 15) is 0 Å². The molecule has 5 nitrogen and oxygen atoms in total. The molecule has 0 saturated carbocycles. The Hall–Kier alpha value is -1.20. The number of morpholine rings is 1. The van der Waals surface area contributed by atoms with Crippen molar-refractivity contribution >= 4 is 0 Å². The van der Waals surface area contributed by atoms with Gasteiger partial charge in [0.15, 0.2) is 0 Å². The SMILES string of the molecule is C[C@@H]1CN(C)C[C@H](c2nnc(CC3=CCCCC3)o2)O1. The average molecular weight is 277 g/mol. The van der Waals surface area contributed by atoms with Crippen molar-refractivity contribution in [2.45, 2.75) is 51.2 Å². The van der Waals surface area contributed by atoms with Gasteiger partial charge in [-0.2, -0.15) is 0 Å². The van der Waals surface area contributed by atoms with Crippen LogP contribution in [0.4, 0.5) is 0 Å². The monoisotopic (exact) mass is 277 g/mol. The van der Waals surface area contributed by atoms with Crippen LogP contribution in [0.1, 0.15) is 50.5 Å². The van der Waals surface area contributed by atoms with Gasteiger partial charge in [-0.15, -0.1) is 10.2 Å². The van der Waals surface area contributed by atoms with Gasteiger partial charge in [-0.05, 0) is 39.7 Å². The first-order valence-corrected chi connectivity index (χ1v) is 7.55. The molecule has 110 valence electrons. The van der Waals surface area contributed by atoms with Crippen LogP contribution in [0.3, 0.4) is 0 Å². The van der Waals surface area contributed by atoms with Crippen LogP contribution in [-0.2, 0) is 11.2 Å². The molecule has 0 amide bonds. The van der Waals surface area contributed by atoms with E-state index in [2.05, 4.69) is 35.1 Å². The van der Waals surface area contributed by atoms with Gasteiger partial charge in [-0.25, -0.2) is 0 Å². The Balaban J connectivity index is 1.65. The summed E-state index contributed by atoms with van der Waals surface area (Å²) in [4.78, 5) is 2.24. The van der Waals surface area contributed by atoms with Gasteiger partial charge in [0.1, 0.15) is 6.10 Å². The Bertz CT molecular complexity index is 473. The maximum Gasteiger partial charge on any atom is 0.246 e. The predicted octanol–water partition coefficient (Wildman–Crippen LogP) is 2.50. The number of nitrogens with zero attached hydrogens (tertiary/aromatic N) is 3. The van der Waals surface area contributed by atoms with Crippen LogP contribution in [0.15, 0.2) is 16.1 Å². The molecule has 0 spiro atoms. The Kier molecular flexibility index (Phi) is 4.17. The number of ether oxygens (including phenoxy) is 1. The summed E-state index contributed by atoms with van der Waals surface area (Å²) in [7, 11) is 2.09. The van der Waals surface area contributed by atoms with Gasteiger partial charge in [-0.3, -0.25) is 0 Å². The van der Waals surface area contributed by atoms with Crippen molar-refractivity contribution < 1.29 is 9.15 Å². The van der Waals surface area contributed by atoms with Crippen molar-refractivity contribution in [1.29, 1.82) is 0 Å². The molecule has 2 heterocycles. The van der Waals surface area contributed by atoms with E-state index in [1.807, 2.05) is 0 Å². The lowest BCUT2D eigenvalue weighted by Crippen LogP contribution is -2.40. The third-order valence-electron chi connectivity index (χ3n) is 3.96. The molecule has 1 aromatic rings. The largest absolute Gasteiger partial charge is 0.422 e. The zero-order valence-electron chi connectivity index (χ0n) is 12.3. The molecule has 20 heavy (non-hydrogen) atoms. The molecular formula is C15H23N3O2. The molecule has 0 unspecified atom stereocenters. The Labute approximate surface area is 120 Å². The average Bonchev–Trinajstić information content (AvgIpc) is 2.87. The summed E-state index contributed by atoms with van der Waals surface area (Å²) >= 11 is 0. The predicted molar refractivity (Wildman–Crippen MR) is 75.3 cm³/mol. The zero-order valence-corrected chi connectivity index (χ0v) is 12.3. The Morgan fingerprint density at radius 2 is 2.20 bits per heavy atom. The standard InChI is InChI=1S/C15H23N3O2/c1-11-9-18(2)10-13(19-11)15-17-16-14(20-15)8-12-6-4-3-5-7-12/h6,11,13H,3-5,7-10H2,1-2H3/t11-,13-/m1/s1. The number of hydrogen-bond acceptors (Lipinski definition) is 5. The maximum atomic E-state index is 5.89. The van der Waals surface area contributed by atoms with Crippen LogP contribution >= 0.6 is 0 Å². The fourth-order valence-electron chi connectivity index (χ4n) is 3.03. The number of likely N-dealkylation sites (N-methyl/N-ethyl adjacent to an activating group) is 1. The summed E-state index contributed by atoms with van der Waals surface area (Å²) in [6, 6.07) is 0. The van der Waals surface area contributed by atoms with E-state index in [0.717, 1.165) is 31.8 Å². The highest BCUT2D eigenvalue weighted by molar-refractivity contribution is 5.10. The fourth-order valence-corrected chi connectivity index (χ4v) is 3.03. The molecule has 1 aliphatic carbocycles. The van der Waals surface area contributed by atoms with Gasteiger partial charge >= 0.3 is 0 Å². The first kappa shape index (κ1) is 13.8. The first-order chi connectivity index (χ1) is 9.70. The molecule has 1 saturated heterocycles. The van der Waals surface area contributed by atoms with Crippen molar-refractivity contribution in [1.82, 2.24) is 15.1 Å². The second-order valence-corrected chi connectivity index (χ2v) is 5.98. The van der Waals surface area contributed by atoms with E-state index >= 15 is 0 Å². The van der Waals surface area contributed by atoms with Crippen molar-refractivity contribution in [2.24, 2.45) is 0 Å². The highest BCUT2D eigenvalue weighted by Crippen LogP contribution is 2.25. The lowest BCUT2D eigenvalue weighted by molar-refractivity contribution is -0.0825. The maximum absolute atomic E-state index is 5.89. The van der Waals surface area contributed by atoms with Crippen molar-refractivity contribution in [3.8, 4) is 0 Å². The number of aromatic nitrogens is 2. The van der Waals surface area contributed by atoms with Gasteiger partial charge in [0.2, 0.25) is 11.8 Å². The topological polar surface area (TPSA) is 51.4 Å². The van der Waals surface area contributed by atoms with Gasteiger partial charge in [0.25, 0.3) is 0 Å². The molecule has 2 aliphatic rings. The summed E-state index contributed by atoms with van der Waals surface area (Å²) in [5, 5.41) is 8.36. The van der Waals surface area contributed by atoms with Gasteiger partial charge in [0.05, 0.1) is 6.10 Å². The van der Waals surface area contributed by atoms with Crippen LogP contribution in [0.5, 0.6) is 0 Å².